The Morgan fingerprint density at radius 3 is 1.71 bits per heavy atom. The van der Waals surface area contributed by atoms with Crippen LogP contribution in [0.1, 0.15) is 25.7 Å². The Balaban J connectivity index is 1.97. The van der Waals surface area contributed by atoms with Crippen LogP contribution in [-0.4, -0.2) is 30.8 Å². The minimum atomic E-state index is -0.149. The molecule has 6 atom stereocenters. The van der Waals surface area contributed by atoms with Gasteiger partial charge in [-0.05, 0) is 25.7 Å². The van der Waals surface area contributed by atoms with Gasteiger partial charge >= 0.3 is 0 Å². The average Bonchev–Trinajstić information content (AvgIpc) is 2.24. The molecule has 0 bridgehead atoms. The molecule has 3 rings (SSSR count). The molecule has 1 amide bonds. The van der Waals surface area contributed by atoms with E-state index in [1.54, 1.807) is 0 Å². The van der Waals surface area contributed by atoms with E-state index in [1.165, 1.54) is 0 Å². The number of nitrogens with one attached hydrogen (secondary N) is 1. The molecular formula is C11H13Br4NO. The predicted octanol–water partition coefficient (Wildman–Crippen LogP) is 3.48. The van der Waals surface area contributed by atoms with Gasteiger partial charge in [0.15, 0.2) is 0 Å². The van der Waals surface area contributed by atoms with E-state index >= 15 is 0 Å². The van der Waals surface area contributed by atoms with Crippen molar-refractivity contribution in [1.29, 1.82) is 0 Å². The van der Waals surface area contributed by atoms with Gasteiger partial charge in [0.2, 0.25) is 5.91 Å². The number of hydrogen-bond acceptors (Lipinski definition) is 1. The third kappa shape index (κ3) is 1.69. The van der Waals surface area contributed by atoms with Crippen molar-refractivity contribution in [2.75, 3.05) is 0 Å². The summed E-state index contributed by atoms with van der Waals surface area (Å²) in [6, 6.07) is 0. The molecule has 1 heterocycles. The van der Waals surface area contributed by atoms with Crippen molar-refractivity contribution in [2.45, 2.75) is 50.5 Å². The van der Waals surface area contributed by atoms with Crippen LogP contribution >= 0.6 is 63.7 Å². The molecule has 0 radical (unpaired) electrons. The summed E-state index contributed by atoms with van der Waals surface area (Å²) in [5.41, 5.74) is -0.134. The first-order valence-corrected chi connectivity index (χ1v) is 9.45. The zero-order valence-electron chi connectivity index (χ0n) is 9.06. The summed E-state index contributed by atoms with van der Waals surface area (Å²) in [4.78, 5) is 13.8. The van der Waals surface area contributed by atoms with Crippen LogP contribution in [0.2, 0.25) is 0 Å². The fourth-order valence-corrected chi connectivity index (χ4v) is 6.65. The van der Waals surface area contributed by atoms with Gasteiger partial charge in [0, 0.05) is 19.3 Å². The molecule has 96 valence electrons. The van der Waals surface area contributed by atoms with Crippen molar-refractivity contribution >= 4 is 69.6 Å². The molecule has 0 aromatic carbocycles. The highest BCUT2D eigenvalue weighted by Gasteiger charge is 2.71. The summed E-state index contributed by atoms with van der Waals surface area (Å²) in [6.07, 6.45) is 3.93. The third-order valence-corrected chi connectivity index (χ3v) is 9.93. The van der Waals surface area contributed by atoms with Gasteiger partial charge in [-0.3, -0.25) is 4.79 Å². The summed E-state index contributed by atoms with van der Waals surface area (Å²) >= 11 is 14.9. The fourth-order valence-electron chi connectivity index (χ4n) is 3.69. The Morgan fingerprint density at radius 1 is 0.882 bits per heavy atom. The Labute approximate surface area is 135 Å². The lowest BCUT2D eigenvalue weighted by Gasteiger charge is -2.67. The highest BCUT2D eigenvalue weighted by atomic mass is 79.9. The Morgan fingerprint density at radius 2 is 1.29 bits per heavy atom. The van der Waals surface area contributed by atoms with Crippen molar-refractivity contribution in [3.05, 3.63) is 0 Å². The molecular weight excluding hydrogens is 482 g/mol. The maximum Gasteiger partial charge on any atom is 0.229 e. The van der Waals surface area contributed by atoms with Crippen LogP contribution in [0.15, 0.2) is 0 Å². The molecule has 3 fully saturated rings. The zero-order chi connectivity index (χ0) is 12.4. The number of rotatable bonds is 0. The molecule has 2 saturated carbocycles. The minimum Gasteiger partial charge on any atom is -0.349 e. The molecule has 2 aliphatic carbocycles. The number of alkyl halides is 4. The first-order valence-electron chi connectivity index (χ1n) is 5.79. The lowest BCUT2D eigenvalue weighted by Crippen LogP contribution is -2.82. The van der Waals surface area contributed by atoms with Gasteiger partial charge in [0.05, 0.1) is 11.0 Å². The molecule has 3 aliphatic rings. The molecule has 6 heteroatoms. The summed E-state index contributed by atoms with van der Waals surface area (Å²) in [6.45, 7) is 0. The first kappa shape index (κ1) is 13.4. The van der Waals surface area contributed by atoms with Gasteiger partial charge < -0.3 is 5.32 Å². The Kier molecular flexibility index (Phi) is 3.30. The standard InChI is InChI=1S/C11H13Br4NO/c12-5-1-10-2-6(13)8(15)4-11(10,3-7(5)14)16-9(10)17/h5-8H,1-4H2,(H,16,17)/t5-,6-,7-,8+,10?,11?/m1/s1. The smallest absolute Gasteiger partial charge is 0.229 e. The quantitative estimate of drug-likeness (QED) is 0.405. The van der Waals surface area contributed by atoms with Crippen molar-refractivity contribution in [3.8, 4) is 0 Å². The van der Waals surface area contributed by atoms with Crippen LogP contribution in [0.5, 0.6) is 0 Å². The topological polar surface area (TPSA) is 29.1 Å². The molecule has 2 unspecified atom stereocenters. The van der Waals surface area contributed by atoms with Crippen LogP contribution in [0.25, 0.3) is 0 Å². The molecule has 1 N–H and O–H groups in total. The second-order valence-electron chi connectivity index (χ2n) is 5.50. The van der Waals surface area contributed by atoms with Crippen LogP contribution in [-0.2, 0) is 4.79 Å². The normalized spacial score (nSPS) is 57.5. The van der Waals surface area contributed by atoms with E-state index in [0.29, 0.717) is 19.3 Å². The zero-order valence-corrected chi connectivity index (χ0v) is 15.4. The first-order chi connectivity index (χ1) is 7.90. The van der Waals surface area contributed by atoms with Crippen molar-refractivity contribution in [2.24, 2.45) is 5.41 Å². The predicted molar refractivity (Wildman–Crippen MR) is 82.6 cm³/mol. The van der Waals surface area contributed by atoms with Gasteiger partial charge in [0.1, 0.15) is 0 Å². The van der Waals surface area contributed by atoms with Crippen LogP contribution in [0, 0.1) is 5.41 Å². The number of carbonyl (C=O) groups is 1. The van der Waals surface area contributed by atoms with E-state index in [1.807, 2.05) is 0 Å². The van der Waals surface area contributed by atoms with E-state index in [4.69, 9.17) is 0 Å². The minimum absolute atomic E-state index is 0.0148. The second kappa shape index (κ2) is 4.19. The van der Waals surface area contributed by atoms with Crippen LogP contribution in [0.3, 0.4) is 0 Å². The van der Waals surface area contributed by atoms with E-state index in [-0.39, 0.29) is 16.9 Å². The maximum atomic E-state index is 12.1. The highest BCUT2D eigenvalue weighted by molar-refractivity contribution is 9.12. The highest BCUT2D eigenvalue weighted by Crippen LogP contribution is 2.62. The summed E-state index contributed by atoms with van der Waals surface area (Å²) in [7, 11) is 0. The molecule has 1 aliphatic heterocycles. The SMILES string of the molecule is O=C1NC23C[C@@H](Br)[C@H](Br)CC12C[C@@H](Br)[C@@H](Br)C3. The van der Waals surface area contributed by atoms with E-state index in [9.17, 15) is 4.79 Å². The Hall–Kier alpha value is 1.39. The number of amides is 1. The fraction of sp³-hybridized carbons (Fsp3) is 0.909. The van der Waals surface area contributed by atoms with Gasteiger partial charge in [-0.25, -0.2) is 0 Å². The monoisotopic (exact) mass is 491 g/mol. The van der Waals surface area contributed by atoms with Crippen molar-refractivity contribution in [1.82, 2.24) is 5.32 Å². The molecule has 0 aromatic heterocycles. The average molecular weight is 495 g/mol. The number of β-lactam (4-membered cyclic amide) rings is 1. The van der Waals surface area contributed by atoms with E-state index in [2.05, 4.69) is 69.0 Å². The summed E-state index contributed by atoms with van der Waals surface area (Å²) in [5.74, 6) is 0.255. The van der Waals surface area contributed by atoms with Crippen LogP contribution in [0.4, 0.5) is 0 Å². The second-order valence-corrected chi connectivity index (χ2v) is 10.2. The summed E-state index contributed by atoms with van der Waals surface area (Å²) < 4.78 is 0. The van der Waals surface area contributed by atoms with Gasteiger partial charge in [-0.15, -0.1) is 0 Å². The molecule has 0 spiro atoms. The summed E-state index contributed by atoms with van der Waals surface area (Å²) in [5, 5.41) is 3.21. The largest absolute Gasteiger partial charge is 0.349 e. The molecule has 1 saturated heterocycles. The molecule has 2 nitrogen and oxygen atoms in total. The Bertz CT molecular complexity index is 354. The third-order valence-electron chi connectivity index (χ3n) is 4.66. The van der Waals surface area contributed by atoms with E-state index in [0.717, 1.165) is 25.7 Å². The number of hydrogen-bond donors (Lipinski definition) is 1. The maximum absolute atomic E-state index is 12.1. The number of halogens is 4. The molecule has 0 aromatic rings. The van der Waals surface area contributed by atoms with Crippen molar-refractivity contribution < 1.29 is 4.79 Å². The van der Waals surface area contributed by atoms with Crippen LogP contribution < -0.4 is 5.32 Å². The van der Waals surface area contributed by atoms with Gasteiger partial charge in [-0.1, -0.05) is 63.7 Å². The number of carbonyl (C=O) groups excluding carboxylic acids is 1. The van der Waals surface area contributed by atoms with Gasteiger partial charge in [0.25, 0.3) is 0 Å². The van der Waals surface area contributed by atoms with Crippen molar-refractivity contribution in [3.63, 3.8) is 0 Å². The van der Waals surface area contributed by atoms with E-state index < -0.39 is 0 Å². The van der Waals surface area contributed by atoms with Gasteiger partial charge in [-0.2, -0.15) is 0 Å². The lowest BCUT2D eigenvalue weighted by atomic mass is 9.49. The molecule has 17 heavy (non-hydrogen) atoms. The lowest BCUT2D eigenvalue weighted by molar-refractivity contribution is -0.167.